The van der Waals surface area contributed by atoms with Crippen molar-refractivity contribution in [3.8, 4) is 5.69 Å². The van der Waals surface area contributed by atoms with Crippen LogP contribution < -0.4 is 5.73 Å². The number of hydrogen-bond donors (Lipinski definition) is 1. The number of urea groups is 1. The molecule has 0 saturated carbocycles. The number of halogens is 1. The normalized spacial score (nSPS) is 16.5. The molecule has 2 aromatic carbocycles. The van der Waals surface area contributed by atoms with Crippen molar-refractivity contribution in [1.82, 2.24) is 19.7 Å². The molecular weight excluding hydrogens is 357 g/mol. The molecule has 0 radical (unpaired) electrons. The Morgan fingerprint density at radius 3 is 2.57 bits per heavy atom. The Morgan fingerprint density at radius 1 is 1.11 bits per heavy atom. The molecule has 0 spiro atoms. The standard InChI is InChI=1S/C21H22FN5O/c22-16-9-11-17(12-10-16)27-20(18-7-4-14-26(18)21(23)28)24-19(25-27)13-8-15-5-2-1-3-6-15/h1-3,5-6,9-12,18H,4,7-8,13-14H2,(H2,23,28). The summed E-state index contributed by atoms with van der Waals surface area (Å²) in [5.41, 5.74) is 7.48. The molecule has 4 rings (SSSR count). The van der Waals surface area contributed by atoms with Crippen molar-refractivity contribution >= 4 is 6.03 Å². The maximum absolute atomic E-state index is 13.4. The average Bonchev–Trinajstić information content (AvgIpc) is 3.35. The van der Waals surface area contributed by atoms with Crippen molar-refractivity contribution in [3.63, 3.8) is 0 Å². The summed E-state index contributed by atoms with van der Waals surface area (Å²) in [5, 5.41) is 4.67. The van der Waals surface area contributed by atoms with E-state index in [4.69, 9.17) is 10.7 Å². The fraction of sp³-hybridized carbons (Fsp3) is 0.286. The number of carbonyl (C=O) groups excluding carboxylic acids is 1. The Labute approximate surface area is 162 Å². The van der Waals surface area contributed by atoms with E-state index in [1.165, 1.54) is 17.7 Å². The molecular formula is C21H22FN5O. The molecule has 28 heavy (non-hydrogen) atoms. The van der Waals surface area contributed by atoms with Crippen LogP contribution >= 0.6 is 0 Å². The van der Waals surface area contributed by atoms with Gasteiger partial charge in [0.25, 0.3) is 0 Å². The number of primary amides is 1. The quantitative estimate of drug-likeness (QED) is 0.738. The van der Waals surface area contributed by atoms with Gasteiger partial charge in [0.05, 0.1) is 11.7 Å². The van der Waals surface area contributed by atoms with Crippen LogP contribution in [-0.2, 0) is 12.8 Å². The van der Waals surface area contributed by atoms with Crippen LogP contribution in [0.25, 0.3) is 5.69 Å². The van der Waals surface area contributed by atoms with Crippen molar-refractivity contribution in [2.75, 3.05) is 6.54 Å². The number of likely N-dealkylation sites (tertiary alicyclic amines) is 1. The van der Waals surface area contributed by atoms with E-state index in [1.54, 1.807) is 21.7 Å². The number of aromatic nitrogens is 3. The van der Waals surface area contributed by atoms with Gasteiger partial charge in [-0.15, -0.1) is 0 Å². The van der Waals surface area contributed by atoms with Gasteiger partial charge in [-0.05, 0) is 49.1 Å². The highest BCUT2D eigenvalue weighted by molar-refractivity contribution is 5.72. The number of benzene rings is 2. The van der Waals surface area contributed by atoms with Gasteiger partial charge in [0.1, 0.15) is 5.82 Å². The molecule has 2 N–H and O–H groups in total. The Kier molecular flexibility index (Phi) is 5.06. The smallest absolute Gasteiger partial charge is 0.315 e. The van der Waals surface area contributed by atoms with E-state index in [0.717, 1.165) is 19.3 Å². The molecule has 6 nitrogen and oxygen atoms in total. The lowest BCUT2D eigenvalue weighted by molar-refractivity contribution is 0.200. The van der Waals surface area contributed by atoms with Crippen LogP contribution in [0.2, 0.25) is 0 Å². The molecule has 0 aliphatic carbocycles. The molecule has 144 valence electrons. The minimum absolute atomic E-state index is 0.222. The van der Waals surface area contributed by atoms with Crippen LogP contribution in [-0.4, -0.2) is 32.2 Å². The van der Waals surface area contributed by atoms with Crippen LogP contribution in [0.1, 0.15) is 36.1 Å². The molecule has 1 saturated heterocycles. The molecule has 2 heterocycles. The average molecular weight is 379 g/mol. The van der Waals surface area contributed by atoms with Gasteiger partial charge in [-0.2, -0.15) is 5.10 Å². The molecule has 1 aliphatic heterocycles. The lowest BCUT2D eigenvalue weighted by atomic mass is 10.1. The maximum Gasteiger partial charge on any atom is 0.315 e. The van der Waals surface area contributed by atoms with Crippen LogP contribution in [0, 0.1) is 5.82 Å². The first kappa shape index (κ1) is 18.2. The first-order chi connectivity index (χ1) is 13.6. The lowest BCUT2D eigenvalue weighted by Gasteiger charge is -2.22. The van der Waals surface area contributed by atoms with E-state index >= 15 is 0 Å². The third-order valence-corrected chi connectivity index (χ3v) is 5.06. The predicted molar refractivity (Wildman–Crippen MR) is 103 cm³/mol. The minimum atomic E-state index is -0.456. The molecule has 3 aromatic rings. The first-order valence-corrected chi connectivity index (χ1v) is 9.43. The van der Waals surface area contributed by atoms with Gasteiger partial charge in [0, 0.05) is 13.0 Å². The summed E-state index contributed by atoms with van der Waals surface area (Å²) < 4.78 is 15.1. The van der Waals surface area contributed by atoms with Crippen molar-refractivity contribution in [2.45, 2.75) is 31.7 Å². The van der Waals surface area contributed by atoms with Gasteiger partial charge >= 0.3 is 6.03 Å². The molecule has 0 bridgehead atoms. The molecule has 1 aromatic heterocycles. The summed E-state index contributed by atoms with van der Waals surface area (Å²) in [5.74, 6) is 1.06. The topological polar surface area (TPSA) is 77.0 Å². The van der Waals surface area contributed by atoms with Gasteiger partial charge in [-0.1, -0.05) is 30.3 Å². The Morgan fingerprint density at radius 2 is 1.86 bits per heavy atom. The highest BCUT2D eigenvalue weighted by Crippen LogP contribution is 2.32. The summed E-state index contributed by atoms with van der Waals surface area (Å²) in [6, 6.07) is 15.6. The summed E-state index contributed by atoms with van der Waals surface area (Å²) in [4.78, 5) is 18.2. The SMILES string of the molecule is NC(=O)N1CCCC1c1nc(CCc2ccccc2)nn1-c1ccc(F)cc1. The Balaban J connectivity index is 1.67. The number of rotatable bonds is 5. The van der Waals surface area contributed by atoms with E-state index in [-0.39, 0.29) is 11.9 Å². The molecule has 1 fully saturated rings. The van der Waals surface area contributed by atoms with E-state index in [1.807, 2.05) is 18.2 Å². The van der Waals surface area contributed by atoms with E-state index in [2.05, 4.69) is 17.2 Å². The van der Waals surface area contributed by atoms with Gasteiger partial charge in [0.2, 0.25) is 0 Å². The third kappa shape index (κ3) is 3.74. The zero-order valence-electron chi connectivity index (χ0n) is 15.5. The van der Waals surface area contributed by atoms with Crippen molar-refractivity contribution in [1.29, 1.82) is 0 Å². The zero-order valence-corrected chi connectivity index (χ0v) is 15.5. The monoisotopic (exact) mass is 379 g/mol. The van der Waals surface area contributed by atoms with E-state index in [9.17, 15) is 9.18 Å². The van der Waals surface area contributed by atoms with Gasteiger partial charge in [-0.3, -0.25) is 0 Å². The predicted octanol–water partition coefficient (Wildman–Crippen LogP) is 3.41. The largest absolute Gasteiger partial charge is 0.351 e. The van der Waals surface area contributed by atoms with Gasteiger partial charge in [0.15, 0.2) is 11.6 Å². The van der Waals surface area contributed by atoms with Gasteiger partial charge in [-0.25, -0.2) is 18.9 Å². The number of hydrogen-bond acceptors (Lipinski definition) is 3. The summed E-state index contributed by atoms with van der Waals surface area (Å²) in [6.45, 7) is 0.607. The lowest BCUT2D eigenvalue weighted by Crippen LogP contribution is -2.36. The first-order valence-electron chi connectivity index (χ1n) is 9.43. The van der Waals surface area contributed by atoms with Crippen LogP contribution in [0.4, 0.5) is 9.18 Å². The second-order valence-corrected chi connectivity index (χ2v) is 6.95. The van der Waals surface area contributed by atoms with Crippen molar-refractivity contribution in [2.24, 2.45) is 5.73 Å². The number of aryl methyl sites for hydroxylation is 2. The number of nitrogens with two attached hydrogens (primary N) is 1. The third-order valence-electron chi connectivity index (χ3n) is 5.06. The fourth-order valence-electron chi connectivity index (χ4n) is 3.66. The maximum atomic E-state index is 13.4. The van der Waals surface area contributed by atoms with E-state index in [0.29, 0.717) is 30.3 Å². The molecule has 1 aliphatic rings. The highest BCUT2D eigenvalue weighted by atomic mass is 19.1. The Hall–Kier alpha value is -3.22. The van der Waals surface area contributed by atoms with Gasteiger partial charge < -0.3 is 10.6 Å². The second-order valence-electron chi connectivity index (χ2n) is 6.95. The fourth-order valence-corrected chi connectivity index (χ4v) is 3.66. The highest BCUT2D eigenvalue weighted by Gasteiger charge is 2.33. The van der Waals surface area contributed by atoms with Crippen LogP contribution in [0.3, 0.4) is 0 Å². The molecule has 2 amide bonds. The Bertz CT molecular complexity index is 955. The van der Waals surface area contributed by atoms with Crippen molar-refractivity contribution in [3.05, 3.63) is 77.6 Å². The molecule has 1 unspecified atom stereocenters. The number of nitrogens with zero attached hydrogens (tertiary/aromatic N) is 4. The summed E-state index contributed by atoms with van der Waals surface area (Å²) in [7, 11) is 0. The zero-order chi connectivity index (χ0) is 19.5. The molecule has 1 atom stereocenters. The van der Waals surface area contributed by atoms with E-state index < -0.39 is 6.03 Å². The van der Waals surface area contributed by atoms with Crippen molar-refractivity contribution < 1.29 is 9.18 Å². The van der Waals surface area contributed by atoms with Crippen LogP contribution in [0.5, 0.6) is 0 Å². The minimum Gasteiger partial charge on any atom is -0.351 e. The second kappa shape index (κ2) is 7.80. The summed E-state index contributed by atoms with van der Waals surface area (Å²) >= 11 is 0. The summed E-state index contributed by atoms with van der Waals surface area (Å²) in [6.07, 6.45) is 3.14. The number of amides is 2. The van der Waals surface area contributed by atoms with Crippen LogP contribution in [0.15, 0.2) is 54.6 Å². The molecule has 7 heteroatoms. The number of carbonyl (C=O) groups is 1.